The molecule has 2 aromatic carbocycles. The van der Waals surface area contributed by atoms with Crippen molar-refractivity contribution in [2.24, 2.45) is 5.92 Å². The molecule has 1 aliphatic carbocycles. The van der Waals surface area contributed by atoms with Crippen LogP contribution in [0.25, 0.3) is 0 Å². The van der Waals surface area contributed by atoms with Crippen molar-refractivity contribution in [1.29, 1.82) is 0 Å². The molecule has 4 rings (SSSR count). The molecule has 4 nitrogen and oxygen atoms in total. The lowest BCUT2D eigenvalue weighted by Gasteiger charge is -2.36. The normalized spacial score (nSPS) is 24.1. The van der Waals surface area contributed by atoms with Crippen LogP contribution in [0.2, 0.25) is 0 Å². The highest BCUT2D eigenvalue weighted by Crippen LogP contribution is 2.50. The lowest BCUT2D eigenvalue weighted by Crippen LogP contribution is -2.43. The Morgan fingerprint density at radius 3 is 2.91 bits per heavy atom. The van der Waals surface area contributed by atoms with Crippen LogP contribution in [-0.4, -0.2) is 23.7 Å². The molecule has 0 saturated carbocycles. The number of hydrogen-bond donors (Lipinski definition) is 2. The summed E-state index contributed by atoms with van der Waals surface area (Å²) >= 11 is 0. The molecular formula is C19H19NO3. The number of phenols is 1. The lowest BCUT2D eigenvalue weighted by atomic mass is 9.77. The first-order valence-corrected chi connectivity index (χ1v) is 8.03. The Labute approximate surface area is 135 Å². The van der Waals surface area contributed by atoms with Crippen molar-refractivity contribution in [3.8, 4) is 5.75 Å². The topological polar surface area (TPSA) is 58.6 Å². The molecule has 0 saturated heterocycles. The van der Waals surface area contributed by atoms with Gasteiger partial charge in [-0.25, -0.2) is 4.79 Å². The summed E-state index contributed by atoms with van der Waals surface area (Å²) in [6.07, 6.45) is 0.840. The second-order valence-corrected chi connectivity index (χ2v) is 6.19. The van der Waals surface area contributed by atoms with Gasteiger partial charge in [-0.2, -0.15) is 0 Å². The van der Waals surface area contributed by atoms with Gasteiger partial charge in [0.1, 0.15) is 11.8 Å². The maximum atomic E-state index is 12.4. The highest BCUT2D eigenvalue weighted by Gasteiger charge is 2.46. The first kappa shape index (κ1) is 14.1. The molecule has 2 aliphatic rings. The number of ether oxygens (including phenoxy) is 1. The van der Waals surface area contributed by atoms with E-state index in [1.807, 2.05) is 31.2 Å². The molecule has 0 spiro atoms. The van der Waals surface area contributed by atoms with Gasteiger partial charge < -0.3 is 15.2 Å². The number of anilines is 1. The van der Waals surface area contributed by atoms with E-state index in [1.54, 1.807) is 6.07 Å². The van der Waals surface area contributed by atoms with Gasteiger partial charge in [-0.3, -0.25) is 0 Å². The molecule has 23 heavy (non-hydrogen) atoms. The van der Waals surface area contributed by atoms with Gasteiger partial charge in [0.2, 0.25) is 0 Å². The van der Waals surface area contributed by atoms with E-state index in [9.17, 15) is 9.90 Å². The maximum Gasteiger partial charge on any atom is 0.328 e. The predicted octanol–water partition coefficient (Wildman–Crippen LogP) is 3.05. The highest BCUT2D eigenvalue weighted by molar-refractivity contribution is 5.83. The minimum absolute atomic E-state index is 0.112. The Morgan fingerprint density at radius 1 is 1.26 bits per heavy atom. The van der Waals surface area contributed by atoms with E-state index in [0.717, 1.165) is 17.7 Å². The maximum absolute atomic E-state index is 12.4. The molecule has 0 radical (unpaired) electrons. The number of carbonyl (C=O) groups is 1. The fourth-order valence-corrected chi connectivity index (χ4v) is 4.01. The van der Waals surface area contributed by atoms with Gasteiger partial charge in [-0.1, -0.05) is 24.3 Å². The van der Waals surface area contributed by atoms with E-state index < -0.39 is 0 Å². The van der Waals surface area contributed by atoms with E-state index in [4.69, 9.17) is 4.74 Å². The number of phenolic OH excluding ortho intramolecular Hbond substituents is 1. The Balaban J connectivity index is 1.84. The summed E-state index contributed by atoms with van der Waals surface area (Å²) in [4.78, 5) is 12.4. The van der Waals surface area contributed by atoms with Crippen LogP contribution in [0.5, 0.6) is 5.75 Å². The van der Waals surface area contributed by atoms with Crippen LogP contribution in [-0.2, 0) is 16.0 Å². The zero-order valence-electron chi connectivity index (χ0n) is 13.0. The van der Waals surface area contributed by atoms with Gasteiger partial charge in [-0.15, -0.1) is 0 Å². The molecule has 0 aromatic heterocycles. The van der Waals surface area contributed by atoms with E-state index in [1.165, 1.54) is 11.1 Å². The molecule has 1 aliphatic heterocycles. The number of fused-ring (bicyclic) bond motifs is 5. The molecular weight excluding hydrogens is 290 g/mol. The summed E-state index contributed by atoms with van der Waals surface area (Å²) in [7, 11) is 0. The van der Waals surface area contributed by atoms with Crippen molar-refractivity contribution in [3.63, 3.8) is 0 Å². The van der Waals surface area contributed by atoms with Gasteiger partial charge in [-0.05, 0) is 48.2 Å². The van der Waals surface area contributed by atoms with Crippen LogP contribution in [0.1, 0.15) is 29.5 Å². The van der Waals surface area contributed by atoms with Gasteiger partial charge in [0.25, 0.3) is 0 Å². The molecule has 2 N–H and O–H groups in total. The number of carbonyl (C=O) groups excluding carboxylic acids is 1. The number of aromatic hydroxyl groups is 1. The molecule has 0 fully saturated rings. The lowest BCUT2D eigenvalue weighted by molar-refractivity contribution is -0.145. The van der Waals surface area contributed by atoms with Crippen molar-refractivity contribution in [1.82, 2.24) is 0 Å². The molecule has 1 heterocycles. The average Bonchev–Trinajstić information content (AvgIpc) is 2.94. The summed E-state index contributed by atoms with van der Waals surface area (Å²) in [5, 5.41) is 13.2. The van der Waals surface area contributed by atoms with Gasteiger partial charge in [0, 0.05) is 17.5 Å². The van der Waals surface area contributed by atoms with Crippen molar-refractivity contribution in [2.75, 3.05) is 11.9 Å². The quantitative estimate of drug-likeness (QED) is 0.661. The predicted molar refractivity (Wildman–Crippen MR) is 87.6 cm³/mol. The second-order valence-electron chi connectivity index (χ2n) is 6.19. The summed E-state index contributed by atoms with van der Waals surface area (Å²) in [6, 6.07) is 13.3. The minimum Gasteiger partial charge on any atom is -0.508 e. The fourth-order valence-electron chi connectivity index (χ4n) is 4.01. The van der Waals surface area contributed by atoms with E-state index in [2.05, 4.69) is 17.4 Å². The van der Waals surface area contributed by atoms with Crippen LogP contribution >= 0.6 is 0 Å². The monoisotopic (exact) mass is 309 g/mol. The zero-order valence-corrected chi connectivity index (χ0v) is 13.0. The van der Waals surface area contributed by atoms with Crippen LogP contribution in [0.3, 0.4) is 0 Å². The molecule has 0 bridgehead atoms. The standard InChI is InChI=1S/C19H19NO3/c1-2-23-19(22)18-15-9-11-5-3-4-6-13(11)17(15)14-10-12(21)7-8-16(14)20-18/h3-8,10,15,17-18,20-21H,2,9H2,1H3. The molecule has 0 amide bonds. The van der Waals surface area contributed by atoms with Gasteiger partial charge in [0.15, 0.2) is 0 Å². The van der Waals surface area contributed by atoms with Crippen LogP contribution in [0, 0.1) is 5.92 Å². The second kappa shape index (κ2) is 5.30. The summed E-state index contributed by atoms with van der Waals surface area (Å²) in [5.74, 6) is 0.280. The Hall–Kier alpha value is -2.49. The Bertz CT molecular complexity index is 771. The molecule has 3 unspecified atom stereocenters. The molecule has 118 valence electrons. The van der Waals surface area contributed by atoms with Gasteiger partial charge >= 0.3 is 5.97 Å². The Morgan fingerprint density at radius 2 is 2.09 bits per heavy atom. The number of esters is 1. The zero-order chi connectivity index (χ0) is 16.0. The van der Waals surface area contributed by atoms with Crippen molar-refractivity contribution in [2.45, 2.75) is 25.3 Å². The summed E-state index contributed by atoms with van der Waals surface area (Å²) in [6.45, 7) is 2.21. The highest BCUT2D eigenvalue weighted by atomic mass is 16.5. The number of rotatable bonds is 2. The van der Waals surface area contributed by atoms with Crippen molar-refractivity contribution >= 4 is 11.7 Å². The number of nitrogens with one attached hydrogen (secondary N) is 1. The third-order valence-corrected chi connectivity index (χ3v) is 4.92. The smallest absolute Gasteiger partial charge is 0.328 e. The SMILES string of the molecule is CCOC(=O)C1Nc2ccc(O)cc2C2c3ccccc3CC12. The first-order chi connectivity index (χ1) is 11.2. The molecule has 4 heteroatoms. The fraction of sp³-hybridized carbons (Fsp3) is 0.316. The summed E-state index contributed by atoms with van der Waals surface area (Å²) < 4.78 is 5.28. The van der Waals surface area contributed by atoms with E-state index >= 15 is 0 Å². The van der Waals surface area contributed by atoms with Crippen molar-refractivity contribution in [3.05, 3.63) is 59.2 Å². The van der Waals surface area contributed by atoms with E-state index in [0.29, 0.717) is 6.61 Å². The van der Waals surface area contributed by atoms with E-state index in [-0.39, 0.29) is 29.6 Å². The minimum atomic E-state index is -0.357. The average molecular weight is 309 g/mol. The van der Waals surface area contributed by atoms with Gasteiger partial charge in [0.05, 0.1) is 6.61 Å². The number of benzene rings is 2. The largest absolute Gasteiger partial charge is 0.508 e. The molecule has 2 aromatic rings. The Kier molecular flexibility index (Phi) is 3.26. The van der Waals surface area contributed by atoms with Crippen molar-refractivity contribution < 1.29 is 14.6 Å². The molecule has 3 atom stereocenters. The third kappa shape index (κ3) is 2.17. The third-order valence-electron chi connectivity index (χ3n) is 4.92. The van der Waals surface area contributed by atoms with Crippen LogP contribution in [0.15, 0.2) is 42.5 Å². The summed E-state index contributed by atoms with van der Waals surface area (Å²) in [5.41, 5.74) is 4.48. The first-order valence-electron chi connectivity index (χ1n) is 8.03. The number of hydrogen-bond acceptors (Lipinski definition) is 4. The van der Waals surface area contributed by atoms with Crippen LogP contribution in [0.4, 0.5) is 5.69 Å². The van der Waals surface area contributed by atoms with Crippen LogP contribution < -0.4 is 5.32 Å².